The Hall–Kier alpha value is 0.557. The van der Waals surface area contributed by atoms with Crippen molar-refractivity contribution in [2.45, 2.75) is 19.3 Å². The molecule has 1 fully saturated rings. The summed E-state index contributed by atoms with van der Waals surface area (Å²) in [5.74, 6) is 0. The van der Waals surface area contributed by atoms with Gasteiger partial charge < -0.3 is 4.74 Å². The monoisotopic (exact) mass is 93.1 g/mol. The standard InChI is InChI=1S/C5H10O.Li/c1-2-4-6-5-3-1;/h1-5H2;. The van der Waals surface area contributed by atoms with E-state index in [-0.39, 0.29) is 18.9 Å². The Morgan fingerprint density at radius 1 is 0.857 bits per heavy atom. The molecule has 0 N–H and O–H groups in total. The van der Waals surface area contributed by atoms with Gasteiger partial charge >= 0.3 is 0 Å². The quantitative estimate of drug-likeness (QED) is 0.402. The third kappa shape index (κ3) is 3.17. The Labute approximate surface area is 56.6 Å². The molecule has 1 heterocycles. The fourth-order valence-electron chi connectivity index (χ4n) is 0.687. The maximum absolute atomic E-state index is 5.07. The van der Waals surface area contributed by atoms with Gasteiger partial charge in [-0.2, -0.15) is 0 Å². The summed E-state index contributed by atoms with van der Waals surface area (Å²) in [6, 6.07) is 0. The van der Waals surface area contributed by atoms with E-state index in [0.717, 1.165) is 13.2 Å². The molecule has 1 saturated heterocycles. The molecule has 1 aliphatic rings. The van der Waals surface area contributed by atoms with Crippen LogP contribution in [0.4, 0.5) is 0 Å². The second kappa shape index (κ2) is 4.71. The average Bonchev–Trinajstić information content (AvgIpc) is 1.72. The summed E-state index contributed by atoms with van der Waals surface area (Å²) in [7, 11) is 0. The number of hydrogen-bond acceptors (Lipinski definition) is 1. The molecular weight excluding hydrogens is 83.0 g/mol. The molecule has 7 heavy (non-hydrogen) atoms. The smallest absolute Gasteiger partial charge is 0.0466 e. The summed E-state index contributed by atoms with van der Waals surface area (Å²) in [4.78, 5) is 0. The number of ether oxygens (including phenoxy) is 1. The first-order valence-electron chi connectivity index (χ1n) is 2.58. The van der Waals surface area contributed by atoms with Gasteiger partial charge in [0, 0.05) is 32.1 Å². The van der Waals surface area contributed by atoms with Crippen LogP contribution in [-0.2, 0) is 4.74 Å². The zero-order valence-corrected chi connectivity index (χ0v) is 4.94. The van der Waals surface area contributed by atoms with Gasteiger partial charge in [0.05, 0.1) is 0 Å². The van der Waals surface area contributed by atoms with Crippen LogP contribution in [0.2, 0.25) is 0 Å². The molecule has 2 heteroatoms. The molecule has 0 unspecified atom stereocenters. The second-order valence-electron chi connectivity index (χ2n) is 1.67. The summed E-state index contributed by atoms with van der Waals surface area (Å²) in [6.45, 7) is 2.00. The number of rotatable bonds is 0. The first-order chi connectivity index (χ1) is 3.00. The predicted molar refractivity (Wildman–Crippen MR) is 30.4 cm³/mol. The van der Waals surface area contributed by atoms with E-state index >= 15 is 0 Å². The Kier molecular flexibility index (Phi) is 5.08. The minimum absolute atomic E-state index is 0. The predicted octanol–water partition coefficient (Wildman–Crippen LogP) is 0.806. The van der Waals surface area contributed by atoms with Gasteiger partial charge in [-0.25, -0.2) is 0 Å². The first-order valence-corrected chi connectivity index (χ1v) is 2.58. The van der Waals surface area contributed by atoms with Gasteiger partial charge in [0.25, 0.3) is 0 Å². The van der Waals surface area contributed by atoms with Gasteiger partial charge in [-0.3, -0.25) is 0 Å². The van der Waals surface area contributed by atoms with Gasteiger partial charge in [0.1, 0.15) is 0 Å². The van der Waals surface area contributed by atoms with Crippen molar-refractivity contribution in [1.29, 1.82) is 0 Å². The molecule has 0 bridgehead atoms. The molecular formula is C5H10LiO. The van der Waals surface area contributed by atoms with E-state index in [1.807, 2.05) is 0 Å². The van der Waals surface area contributed by atoms with E-state index in [9.17, 15) is 0 Å². The molecule has 0 aromatic carbocycles. The minimum Gasteiger partial charge on any atom is -0.381 e. The van der Waals surface area contributed by atoms with Crippen LogP contribution >= 0.6 is 0 Å². The van der Waals surface area contributed by atoms with Crippen molar-refractivity contribution >= 4 is 18.9 Å². The minimum atomic E-state index is 0. The maximum atomic E-state index is 5.07. The van der Waals surface area contributed by atoms with Crippen LogP contribution in [0.15, 0.2) is 0 Å². The van der Waals surface area contributed by atoms with E-state index in [4.69, 9.17) is 4.74 Å². The summed E-state index contributed by atoms with van der Waals surface area (Å²) in [5, 5.41) is 0. The van der Waals surface area contributed by atoms with Crippen molar-refractivity contribution < 1.29 is 4.74 Å². The normalized spacial score (nSPS) is 20.6. The molecule has 1 rings (SSSR count). The first kappa shape index (κ1) is 7.56. The van der Waals surface area contributed by atoms with Crippen molar-refractivity contribution in [3.8, 4) is 0 Å². The molecule has 0 amide bonds. The molecule has 1 radical (unpaired) electrons. The van der Waals surface area contributed by atoms with Crippen LogP contribution in [0.3, 0.4) is 0 Å². The summed E-state index contributed by atoms with van der Waals surface area (Å²) in [6.07, 6.45) is 3.93. The Bertz CT molecular complexity index is 23.6. The van der Waals surface area contributed by atoms with Crippen LogP contribution in [0.5, 0.6) is 0 Å². The van der Waals surface area contributed by atoms with E-state index < -0.39 is 0 Å². The molecule has 37 valence electrons. The van der Waals surface area contributed by atoms with Crippen LogP contribution in [0.1, 0.15) is 19.3 Å². The van der Waals surface area contributed by atoms with Gasteiger partial charge in [-0.15, -0.1) is 0 Å². The van der Waals surface area contributed by atoms with E-state index in [1.54, 1.807) is 0 Å². The van der Waals surface area contributed by atoms with Gasteiger partial charge in [0.2, 0.25) is 0 Å². The molecule has 0 aromatic rings. The topological polar surface area (TPSA) is 9.23 Å². The zero-order valence-electron chi connectivity index (χ0n) is 4.94. The summed E-state index contributed by atoms with van der Waals surface area (Å²) in [5.41, 5.74) is 0. The largest absolute Gasteiger partial charge is 0.381 e. The van der Waals surface area contributed by atoms with Crippen molar-refractivity contribution in [2.75, 3.05) is 13.2 Å². The SMILES string of the molecule is C1CCOCC1.[Li]. The van der Waals surface area contributed by atoms with Crippen molar-refractivity contribution in [2.24, 2.45) is 0 Å². The number of hydrogen-bond donors (Lipinski definition) is 0. The molecule has 0 aliphatic carbocycles. The average molecular weight is 93.1 g/mol. The molecule has 1 nitrogen and oxygen atoms in total. The second-order valence-corrected chi connectivity index (χ2v) is 1.67. The van der Waals surface area contributed by atoms with E-state index in [0.29, 0.717) is 0 Å². The Balaban J connectivity index is 0.000000360. The van der Waals surface area contributed by atoms with Gasteiger partial charge in [-0.05, 0) is 19.3 Å². The van der Waals surface area contributed by atoms with Crippen LogP contribution in [-0.4, -0.2) is 32.1 Å². The molecule has 0 aromatic heterocycles. The molecule has 0 saturated carbocycles. The van der Waals surface area contributed by atoms with Crippen LogP contribution in [0.25, 0.3) is 0 Å². The zero-order chi connectivity index (χ0) is 4.24. The van der Waals surface area contributed by atoms with Crippen molar-refractivity contribution in [3.05, 3.63) is 0 Å². The van der Waals surface area contributed by atoms with E-state index in [2.05, 4.69) is 0 Å². The van der Waals surface area contributed by atoms with Crippen LogP contribution in [0, 0.1) is 0 Å². The fourth-order valence-corrected chi connectivity index (χ4v) is 0.687. The van der Waals surface area contributed by atoms with Gasteiger partial charge in [-0.1, -0.05) is 0 Å². The molecule has 1 aliphatic heterocycles. The maximum Gasteiger partial charge on any atom is 0.0466 e. The Morgan fingerprint density at radius 2 is 1.43 bits per heavy atom. The third-order valence-electron chi connectivity index (χ3n) is 1.08. The summed E-state index contributed by atoms with van der Waals surface area (Å²) < 4.78 is 5.07. The van der Waals surface area contributed by atoms with Gasteiger partial charge in [0.15, 0.2) is 0 Å². The summed E-state index contributed by atoms with van der Waals surface area (Å²) >= 11 is 0. The molecule has 0 atom stereocenters. The van der Waals surface area contributed by atoms with Crippen molar-refractivity contribution in [1.82, 2.24) is 0 Å². The molecule has 0 spiro atoms. The van der Waals surface area contributed by atoms with Crippen LogP contribution < -0.4 is 0 Å². The van der Waals surface area contributed by atoms with Crippen molar-refractivity contribution in [3.63, 3.8) is 0 Å². The Morgan fingerprint density at radius 3 is 1.57 bits per heavy atom. The fraction of sp³-hybridized carbons (Fsp3) is 1.00. The van der Waals surface area contributed by atoms with E-state index in [1.165, 1.54) is 19.3 Å². The third-order valence-corrected chi connectivity index (χ3v) is 1.08.